The number of hydrogen-bond donors (Lipinski definition) is 2. The standard InChI is InChI=1S/C22H23N5O3/c1-15(17-10-6-4-7-11-17)14-23-25-21(29)20(28)24-19-16(2)26(3)27(22(19)30)18-12-8-5-9-13-18/h4-15H,1-3H3,(H,24,28)(H,25,29). The van der Waals surface area contributed by atoms with E-state index in [0.717, 1.165) is 5.56 Å². The molecular weight excluding hydrogens is 382 g/mol. The molecule has 8 heteroatoms. The van der Waals surface area contributed by atoms with Gasteiger partial charge in [-0.2, -0.15) is 5.10 Å². The van der Waals surface area contributed by atoms with Gasteiger partial charge in [-0.3, -0.25) is 19.1 Å². The Morgan fingerprint density at radius 2 is 1.60 bits per heavy atom. The first kappa shape index (κ1) is 20.8. The zero-order valence-electron chi connectivity index (χ0n) is 17.0. The van der Waals surface area contributed by atoms with E-state index in [1.807, 2.05) is 55.5 Å². The average Bonchev–Trinajstić information content (AvgIpc) is 2.97. The maximum Gasteiger partial charge on any atom is 0.329 e. The molecule has 30 heavy (non-hydrogen) atoms. The maximum atomic E-state index is 12.8. The minimum Gasteiger partial charge on any atom is -0.311 e. The fourth-order valence-corrected chi connectivity index (χ4v) is 2.98. The van der Waals surface area contributed by atoms with Crippen molar-refractivity contribution >= 4 is 23.7 Å². The summed E-state index contributed by atoms with van der Waals surface area (Å²) in [5.41, 5.74) is 4.01. The quantitative estimate of drug-likeness (QED) is 0.387. The van der Waals surface area contributed by atoms with Crippen molar-refractivity contribution in [2.75, 3.05) is 5.32 Å². The van der Waals surface area contributed by atoms with Gasteiger partial charge in [-0.05, 0) is 24.6 Å². The molecule has 0 saturated carbocycles. The van der Waals surface area contributed by atoms with Gasteiger partial charge in [-0.25, -0.2) is 10.1 Å². The largest absolute Gasteiger partial charge is 0.329 e. The highest BCUT2D eigenvalue weighted by molar-refractivity contribution is 6.39. The first-order chi connectivity index (χ1) is 14.4. The molecule has 8 nitrogen and oxygen atoms in total. The summed E-state index contributed by atoms with van der Waals surface area (Å²) in [7, 11) is 1.70. The lowest BCUT2D eigenvalue weighted by Crippen LogP contribution is -2.34. The summed E-state index contributed by atoms with van der Waals surface area (Å²) >= 11 is 0. The number of anilines is 1. The topological polar surface area (TPSA) is 97.5 Å². The molecule has 2 N–H and O–H groups in total. The van der Waals surface area contributed by atoms with Crippen LogP contribution in [0.5, 0.6) is 0 Å². The second-order valence-electron chi connectivity index (χ2n) is 6.81. The number of aromatic nitrogens is 2. The lowest BCUT2D eigenvalue weighted by atomic mass is 10.0. The number of rotatable bonds is 5. The van der Waals surface area contributed by atoms with Crippen LogP contribution >= 0.6 is 0 Å². The van der Waals surface area contributed by atoms with Gasteiger partial charge >= 0.3 is 11.8 Å². The van der Waals surface area contributed by atoms with Crippen LogP contribution < -0.4 is 16.3 Å². The van der Waals surface area contributed by atoms with Crippen LogP contribution in [0.4, 0.5) is 5.69 Å². The van der Waals surface area contributed by atoms with Crippen molar-refractivity contribution in [3.8, 4) is 5.69 Å². The molecule has 0 radical (unpaired) electrons. The summed E-state index contributed by atoms with van der Waals surface area (Å²) in [4.78, 5) is 37.2. The van der Waals surface area contributed by atoms with Gasteiger partial charge < -0.3 is 5.32 Å². The molecule has 2 aromatic carbocycles. The smallest absolute Gasteiger partial charge is 0.311 e. The second-order valence-corrected chi connectivity index (χ2v) is 6.81. The third kappa shape index (κ3) is 4.38. The van der Waals surface area contributed by atoms with Gasteiger partial charge in [0.2, 0.25) is 0 Å². The van der Waals surface area contributed by atoms with Gasteiger partial charge in [0.25, 0.3) is 5.56 Å². The van der Waals surface area contributed by atoms with Crippen molar-refractivity contribution in [2.24, 2.45) is 12.1 Å². The molecular formula is C22H23N5O3. The Morgan fingerprint density at radius 1 is 1.00 bits per heavy atom. The Kier molecular flexibility index (Phi) is 6.26. The van der Waals surface area contributed by atoms with Crippen LogP contribution in [-0.2, 0) is 16.6 Å². The number of benzene rings is 2. The predicted octanol–water partition coefficient (Wildman–Crippen LogP) is 2.33. The molecule has 1 unspecified atom stereocenters. The summed E-state index contributed by atoms with van der Waals surface area (Å²) in [5, 5.41) is 6.25. The van der Waals surface area contributed by atoms with Gasteiger partial charge in [-0.15, -0.1) is 0 Å². The normalized spacial score (nSPS) is 12.0. The molecule has 0 spiro atoms. The van der Waals surface area contributed by atoms with E-state index in [4.69, 9.17) is 0 Å². The van der Waals surface area contributed by atoms with Crippen LogP contribution in [0.1, 0.15) is 24.1 Å². The molecule has 0 bridgehead atoms. The Bertz CT molecular complexity index is 1130. The first-order valence-corrected chi connectivity index (χ1v) is 9.43. The molecule has 0 fully saturated rings. The molecule has 0 aliphatic carbocycles. The van der Waals surface area contributed by atoms with Crippen molar-refractivity contribution in [1.82, 2.24) is 14.8 Å². The van der Waals surface area contributed by atoms with E-state index in [9.17, 15) is 14.4 Å². The Morgan fingerprint density at radius 3 is 2.23 bits per heavy atom. The van der Waals surface area contributed by atoms with E-state index in [-0.39, 0.29) is 11.6 Å². The van der Waals surface area contributed by atoms with Crippen molar-refractivity contribution in [3.63, 3.8) is 0 Å². The van der Waals surface area contributed by atoms with E-state index in [1.54, 1.807) is 30.8 Å². The van der Waals surface area contributed by atoms with E-state index in [0.29, 0.717) is 11.4 Å². The van der Waals surface area contributed by atoms with Crippen molar-refractivity contribution in [1.29, 1.82) is 0 Å². The van der Waals surface area contributed by atoms with Crippen LogP contribution in [0.3, 0.4) is 0 Å². The Hall–Kier alpha value is -3.94. The predicted molar refractivity (Wildman–Crippen MR) is 116 cm³/mol. The third-order valence-electron chi connectivity index (χ3n) is 4.79. The summed E-state index contributed by atoms with van der Waals surface area (Å²) < 4.78 is 3.04. The van der Waals surface area contributed by atoms with Gasteiger partial charge in [0.1, 0.15) is 5.69 Å². The number of hydrogen-bond acceptors (Lipinski definition) is 4. The molecule has 1 heterocycles. The highest BCUT2D eigenvalue weighted by Crippen LogP contribution is 2.14. The number of carbonyl (C=O) groups excluding carboxylic acids is 2. The van der Waals surface area contributed by atoms with Crippen LogP contribution in [-0.4, -0.2) is 27.4 Å². The van der Waals surface area contributed by atoms with Gasteiger partial charge in [0, 0.05) is 19.2 Å². The lowest BCUT2D eigenvalue weighted by Gasteiger charge is -2.07. The third-order valence-corrected chi connectivity index (χ3v) is 4.79. The van der Waals surface area contributed by atoms with E-state index in [2.05, 4.69) is 15.8 Å². The highest BCUT2D eigenvalue weighted by atomic mass is 16.2. The number of para-hydroxylation sites is 1. The molecule has 0 saturated heterocycles. The second kappa shape index (κ2) is 9.04. The van der Waals surface area contributed by atoms with Crippen LogP contribution in [0, 0.1) is 6.92 Å². The molecule has 1 aromatic heterocycles. The first-order valence-electron chi connectivity index (χ1n) is 9.43. The zero-order valence-corrected chi connectivity index (χ0v) is 17.0. The molecule has 0 aliphatic rings. The van der Waals surface area contributed by atoms with Gasteiger partial charge in [0.15, 0.2) is 0 Å². The summed E-state index contributed by atoms with van der Waals surface area (Å²) in [6, 6.07) is 18.7. The minimum atomic E-state index is -0.967. The van der Waals surface area contributed by atoms with E-state index < -0.39 is 17.4 Å². The fourth-order valence-electron chi connectivity index (χ4n) is 2.98. The monoisotopic (exact) mass is 405 g/mol. The Labute approximate surface area is 173 Å². The SMILES string of the molecule is Cc1c(NC(=O)C(=O)NN=CC(C)c2ccccc2)c(=O)n(-c2ccccc2)n1C. The summed E-state index contributed by atoms with van der Waals surface area (Å²) in [5.74, 6) is -1.96. The molecule has 3 rings (SSSR count). The fraction of sp³-hybridized carbons (Fsp3) is 0.182. The van der Waals surface area contributed by atoms with Crippen LogP contribution in [0.2, 0.25) is 0 Å². The van der Waals surface area contributed by atoms with E-state index >= 15 is 0 Å². The minimum absolute atomic E-state index is 0.0380. The van der Waals surface area contributed by atoms with Crippen LogP contribution in [0.25, 0.3) is 5.69 Å². The zero-order chi connectivity index (χ0) is 21.7. The number of amides is 2. The summed E-state index contributed by atoms with van der Waals surface area (Å²) in [6.45, 7) is 3.61. The molecule has 154 valence electrons. The van der Waals surface area contributed by atoms with Crippen molar-refractivity contribution < 1.29 is 9.59 Å². The number of nitrogens with one attached hydrogen (secondary N) is 2. The van der Waals surface area contributed by atoms with Crippen molar-refractivity contribution in [3.05, 3.63) is 82.3 Å². The highest BCUT2D eigenvalue weighted by Gasteiger charge is 2.21. The number of carbonyl (C=O) groups is 2. The maximum absolute atomic E-state index is 12.8. The number of hydrazone groups is 1. The molecule has 3 aromatic rings. The average molecular weight is 405 g/mol. The van der Waals surface area contributed by atoms with Crippen LogP contribution in [0.15, 0.2) is 70.6 Å². The molecule has 0 aliphatic heterocycles. The summed E-state index contributed by atoms with van der Waals surface area (Å²) in [6.07, 6.45) is 1.54. The lowest BCUT2D eigenvalue weighted by molar-refractivity contribution is -0.136. The van der Waals surface area contributed by atoms with Gasteiger partial charge in [0.05, 0.1) is 11.4 Å². The molecule has 2 amide bonds. The van der Waals surface area contributed by atoms with Crippen molar-refractivity contribution in [2.45, 2.75) is 19.8 Å². The Balaban J connectivity index is 1.69. The van der Waals surface area contributed by atoms with E-state index in [1.165, 1.54) is 10.9 Å². The molecule has 1 atom stereocenters. The van der Waals surface area contributed by atoms with Gasteiger partial charge in [-0.1, -0.05) is 55.5 Å². The number of nitrogens with zero attached hydrogens (tertiary/aromatic N) is 3.